The van der Waals surface area contributed by atoms with Crippen molar-refractivity contribution >= 4 is 72.0 Å². The molecule has 6 aromatic rings. The summed E-state index contributed by atoms with van der Waals surface area (Å²) in [5, 5.41) is 26.1. The van der Waals surface area contributed by atoms with Gasteiger partial charge in [-0.25, -0.2) is 23.2 Å². The van der Waals surface area contributed by atoms with Gasteiger partial charge in [0.15, 0.2) is 26.3 Å². The van der Waals surface area contributed by atoms with Gasteiger partial charge in [0.2, 0.25) is 17.7 Å². The molecular formula is C67H86N12O11S3. The summed E-state index contributed by atoms with van der Waals surface area (Å²) in [5.41, 5.74) is 14.2. The molecule has 2 amide bonds. The highest BCUT2D eigenvalue weighted by Crippen LogP contribution is 2.42. The molecule has 4 unspecified atom stereocenters. The van der Waals surface area contributed by atoms with Gasteiger partial charge in [0, 0.05) is 113 Å². The first-order chi connectivity index (χ1) is 44.7. The Balaban J connectivity index is 0.592. The Bertz CT molecular complexity index is 3690. The van der Waals surface area contributed by atoms with Gasteiger partial charge in [0.05, 0.1) is 57.5 Å². The Hall–Kier alpha value is -7.26. The molecule has 6 fully saturated rings. The van der Waals surface area contributed by atoms with Gasteiger partial charge < -0.3 is 64.1 Å². The van der Waals surface area contributed by atoms with Crippen molar-refractivity contribution in [3.8, 4) is 33.3 Å². The molecule has 5 saturated heterocycles. The van der Waals surface area contributed by atoms with Gasteiger partial charge in [0.25, 0.3) is 0 Å². The highest BCUT2D eigenvalue weighted by molar-refractivity contribution is 8.72. The Morgan fingerprint density at radius 1 is 0.828 bits per heavy atom. The number of hydrogen-bond donors (Lipinski definition) is 3. The number of nitrogens with two attached hydrogens (primary N) is 1. The van der Waals surface area contributed by atoms with Crippen molar-refractivity contribution in [3.63, 3.8) is 0 Å². The van der Waals surface area contributed by atoms with Crippen LogP contribution in [0.3, 0.4) is 0 Å². The zero-order valence-corrected chi connectivity index (χ0v) is 56.4. The summed E-state index contributed by atoms with van der Waals surface area (Å²) >= 11 is 1.56. The highest BCUT2D eigenvalue weighted by Gasteiger charge is 2.47. The molecule has 5 aliphatic heterocycles. The van der Waals surface area contributed by atoms with Crippen LogP contribution in [-0.4, -0.2) is 179 Å². The number of pyridine rings is 1. The molecule has 93 heavy (non-hydrogen) atoms. The zero-order chi connectivity index (χ0) is 65.2. The molecule has 0 radical (unpaired) electrons. The van der Waals surface area contributed by atoms with E-state index < -0.39 is 56.4 Å². The van der Waals surface area contributed by atoms with Crippen LogP contribution in [0.15, 0.2) is 89.0 Å². The number of rotatable bonds is 22. The number of carbonyl (C=O) groups excluding carboxylic acids is 3. The molecule has 12 rings (SSSR count). The predicted octanol–water partition coefficient (Wildman–Crippen LogP) is 9.62. The minimum Gasteiger partial charge on any atom is -0.507 e. The van der Waals surface area contributed by atoms with Crippen molar-refractivity contribution in [3.05, 3.63) is 102 Å². The van der Waals surface area contributed by atoms with Crippen LogP contribution < -0.4 is 30.5 Å². The lowest BCUT2D eigenvalue weighted by Crippen LogP contribution is -2.54. The molecule has 26 heteroatoms. The van der Waals surface area contributed by atoms with E-state index in [4.69, 9.17) is 29.2 Å². The second kappa shape index (κ2) is 28.4. The van der Waals surface area contributed by atoms with Crippen LogP contribution in [0.5, 0.6) is 11.6 Å². The number of phenolic OH excluding ortho intramolecular Hbond substituents is 1. The maximum Gasteiger partial charge on any atom is 0.508 e. The number of amides is 2. The number of carbonyl (C=O) groups is 3. The number of likely N-dealkylation sites (tertiary alicyclic amines) is 2. The average Bonchev–Trinajstić information content (AvgIpc) is 1.70. The number of aryl methyl sites for hydroxylation is 1. The monoisotopic (exact) mass is 1330 g/mol. The van der Waals surface area contributed by atoms with E-state index in [2.05, 4.69) is 62.4 Å². The van der Waals surface area contributed by atoms with Gasteiger partial charge in [-0.05, 0) is 124 Å². The van der Waals surface area contributed by atoms with Gasteiger partial charge in [0.1, 0.15) is 36.0 Å². The lowest BCUT2D eigenvalue weighted by atomic mass is 9.91. The largest absolute Gasteiger partial charge is 0.508 e. The van der Waals surface area contributed by atoms with Gasteiger partial charge in [-0.1, -0.05) is 55.4 Å². The average molecular weight is 1330 g/mol. The number of aromatic nitrogens is 5. The van der Waals surface area contributed by atoms with Crippen molar-refractivity contribution in [2.45, 2.75) is 165 Å². The number of piperazine rings is 1. The number of phenols is 1. The third-order valence-electron chi connectivity index (χ3n) is 19.4. The van der Waals surface area contributed by atoms with Crippen LogP contribution >= 0.6 is 22.1 Å². The number of hydrogen-bond acceptors (Lipinski definition) is 23. The number of fused-ring (bicyclic) bond motifs is 2. The van der Waals surface area contributed by atoms with Gasteiger partial charge in [-0.3, -0.25) is 9.59 Å². The van der Waals surface area contributed by atoms with E-state index in [1.54, 1.807) is 37.3 Å². The molecule has 1 saturated carbocycles. The normalized spacial score (nSPS) is 23.5. The Morgan fingerprint density at radius 3 is 2.25 bits per heavy atom. The molecule has 23 nitrogen and oxygen atoms in total. The van der Waals surface area contributed by atoms with Gasteiger partial charge in [-0.2, -0.15) is 0 Å². The van der Waals surface area contributed by atoms with E-state index in [9.17, 15) is 27.9 Å². The number of anilines is 4. The van der Waals surface area contributed by atoms with Crippen molar-refractivity contribution < 1.29 is 51.4 Å². The number of para-hydroxylation sites is 1. The molecule has 2 bridgehead atoms. The topological polar surface area (TPSA) is 274 Å². The summed E-state index contributed by atoms with van der Waals surface area (Å²) < 4.78 is 54.4. The second-order valence-corrected chi connectivity index (χ2v) is 32.0. The van der Waals surface area contributed by atoms with E-state index in [0.717, 1.165) is 137 Å². The third kappa shape index (κ3) is 15.5. The smallest absolute Gasteiger partial charge is 0.507 e. The van der Waals surface area contributed by atoms with Crippen LogP contribution in [0.25, 0.3) is 21.7 Å². The number of nitrogens with one attached hydrogen (secondary N) is 1. The Labute approximate surface area is 551 Å². The van der Waals surface area contributed by atoms with E-state index in [1.165, 1.54) is 4.90 Å². The fourth-order valence-corrected chi connectivity index (χ4v) is 17.9. The van der Waals surface area contributed by atoms with Crippen molar-refractivity contribution in [1.82, 2.24) is 40.4 Å². The molecule has 6 aliphatic rings. The van der Waals surface area contributed by atoms with Gasteiger partial charge >= 0.3 is 6.16 Å². The number of nitrogens with zero attached hydrogens (tertiary/aromatic N) is 10. The minimum atomic E-state index is -3.41. The lowest BCUT2D eigenvalue weighted by molar-refractivity contribution is -0.141. The number of piperidine rings is 2. The first kappa shape index (κ1) is 65.8. The summed E-state index contributed by atoms with van der Waals surface area (Å²) in [6, 6.07) is 22.2. The summed E-state index contributed by atoms with van der Waals surface area (Å²) in [7, 11) is -2.72. The summed E-state index contributed by atoms with van der Waals surface area (Å²) in [6.45, 7) is 17.1. The fourth-order valence-electron chi connectivity index (χ4n) is 14.2. The van der Waals surface area contributed by atoms with E-state index in [-0.39, 0.29) is 60.9 Å². The maximum atomic E-state index is 15.0. The number of ether oxygens (including phenoxy) is 4. The molecule has 2 aromatic carbocycles. The first-order valence-corrected chi connectivity index (χ1v) is 36.9. The number of nitrogen functional groups attached to an aromatic ring is 1. The molecule has 4 aromatic heterocycles. The predicted molar refractivity (Wildman–Crippen MR) is 358 cm³/mol. The first-order valence-electron chi connectivity index (χ1n) is 32.7. The van der Waals surface area contributed by atoms with E-state index in [1.807, 2.05) is 87.9 Å². The number of aromatic hydroxyl groups is 1. The van der Waals surface area contributed by atoms with Crippen LogP contribution in [0.1, 0.15) is 121 Å². The van der Waals surface area contributed by atoms with E-state index in [0.29, 0.717) is 51.2 Å². The zero-order valence-electron chi connectivity index (χ0n) is 53.9. The fraction of sp³-hybridized carbons (Fsp3) is 0.552. The van der Waals surface area contributed by atoms with Crippen molar-refractivity contribution in [2.75, 3.05) is 79.0 Å². The summed E-state index contributed by atoms with van der Waals surface area (Å²) in [4.78, 5) is 63.8. The van der Waals surface area contributed by atoms with E-state index >= 15 is 0 Å². The maximum absolute atomic E-state index is 15.0. The molecule has 8 atom stereocenters. The molecular weight excluding hydrogens is 1250 g/mol. The molecule has 4 N–H and O–H groups in total. The number of thiazole rings is 1. The quantitative estimate of drug-likeness (QED) is 0.0421. The lowest BCUT2D eigenvalue weighted by Gasteiger charge is -2.43. The summed E-state index contributed by atoms with van der Waals surface area (Å²) in [6.07, 6.45) is 8.51. The third-order valence-corrected chi connectivity index (χ3v) is 23.4. The minimum absolute atomic E-state index is 0.0182. The SMILES string of the molecule is Cc1ncsc1-c1ccc([C@H](C)NC(=O)[C@@H]2C[C@@H](OC(=O)OC(C)C(C)SS(C)(=O)=O)CN2C(=O)[C@@H](c2cc(N3CCC(CN4CCC(O[C@H]5C[C@H](Oc6cc(N7C8CCC7CN(c7cc(-c9ccccc9O)nnc7N)C8)ccn6)C5)CC4)CC3)no2)C(C)C)cc1. The highest BCUT2D eigenvalue weighted by atomic mass is 33.1. The van der Waals surface area contributed by atoms with Crippen molar-refractivity contribution in [2.24, 2.45) is 11.8 Å². The van der Waals surface area contributed by atoms with Crippen LogP contribution in [0.2, 0.25) is 0 Å². The van der Waals surface area contributed by atoms with Crippen LogP contribution in [0.4, 0.5) is 27.8 Å². The molecule has 1 aliphatic carbocycles. The molecule has 9 heterocycles. The Morgan fingerprint density at radius 2 is 1.56 bits per heavy atom. The Kier molecular flexibility index (Phi) is 20.1. The molecule has 498 valence electrons. The second-order valence-electron chi connectivity index (χ2n) is 26.5. The van der Waals surface area contributed by atoms with Gasteiger partial charge in [-0.15, -0.1) is 21.5 Å². The number of benzene rings is 2. The van der Waals surface area contributed by atoms with Crippen LogP contribution in [0, 0.1) is 18.8 Å². The molecule has 0 spiro atoms. The van der Waals surface area contributed by atoms with Crippen LogP contribution in [-0.2, 0) is 32.7 Å². The van der Waals surface area contributed by atoms with Crippen molar-refractivity contribution in [1.29, 1.82) is 0 Å². The standard InChI is InChI=1S/C67H86N12O11S3/c1-39(2)62(66(82)78-37-53(89-67(83)86-42(5)43(6)92-93(7,84)85)31-57(78)65(81)71-40(3)45-12-14-46(15-13-45)63-41(4)70-38-91-63)59-33-60(74-90-59)76-26-19-44(20-27-76)34-75-24-21-50(22-25-75)87-51-29-52(30-51)88-61-28-47(18-23-69-61)79-48-16-17-49(79)36-77(35-48)56-32-55(72-73-64(56)68)54-10-8-9-11-58(54)80/h8-15,18,23,28,32-33,38-40,42-44,48-53,57,62,80H,16-17,19-22,24-27,29-31,34-37H2,1-7H3,(H2,68,73)(H,71,81)/t40-,42?,43?,48?,49?,51-,52-,53+,57-,62+/m0/s1. The summed E-state index contributed by atoms with van der Waals surface area (Å²) in [5.74, 6) is 0.967.